The molecule has 0 aliphatic rings. The summed E-state index contributed by atoms with van der Waals surface area (Å²) in [6.45, 7) is 12.1. The molecule has 1 aromatic carbocycles. The molecular weight excluding hydrogens is 480 g/mol. The minimum atomic E-state index is -1.24. The molecule has 3 amide bonds. The smallest absolute Gasteiger partial charge is 0.414 e. The molecule has 206 valence electrons. The number of carboxylic acid groups (broad SMARTS) is 1. The molecule has 0 aromatic heterocycles. The zero-order valence-electron chi connectivity index (χ0n) is 22.8. The van der Waals surface area contributed by atoms with Gasteiger partial charge in [-0.25, -0.2) is 19.4 Å². The van der Waals surface area contributed by atoms with Gasteiger partial charge >= 0.3 is 18.2 Å². The first kappa shape index (κ1) is 31.4. The van der Waals surface area contributed by atoms with Crippen LogP contribution in [0.4, 0.5) is 21.0 Å². The maximum atomic E-state index is 12.4. The maximum absolute atomic E-state index is 12.4. The van der Waals surface area contributed by atoms with Gasteiger partial charge in [0, 0.05) is 12.1 Å². The molecule has 4 N–H and O–H groups in total. The van der Waals surface area contributed by atoms with Crippen molar-refractivity contribution < 1.29 is 33.8 Å². The van der Waals surface area contributed by atoms with Crippen LogP contribution in [0.3, 0.4) is 0 Å². The first-order valence-electron chi connectivity index (χ1n) is 12.3. The fraction of sp³-hybridized carbons (Fsp3) is 0.577. The normalized spacial score (nSPS) is 11.2. The molecule has 0 aliphatic heterocycles. The summed E-state index contributed by atoms with van der Waals surface area (Å²) in [4.78, 5) is 52.9. The van der Waals surface area contributed by atoms with Gasteiger partial charge in [0.2, 0.25) is 11.9 Å². The van der Waals surface area contributed by atoms with Gasteiger partial charge in [-0.05, 0) is 66.2 Å². The molecule has 0 spiro atoms. The van der Waals surface area contributed by atoms with Crippen molar-refractivity contribution in [2.45, 2.75) is 98.2 Å². The fourth-order valence-electron chi connectivity index (χ4n) is 3.00. The number of ether oxygens (including phenoxy) is 2. The van der Waals surface area contributed by atoms with Crippen molar-refractivity contribution in [1.29, 1.82) is 0 Å². The van der Waals surface area contributed by atoms with E-state index in [4.69, 9.17) is 9.47 Å². The minimum Gasteiger partial charge on any atom is -0.478 e. The van der Waals surface area contributed by atoms with E-state index in [0.29, 0.717) is 6.42 Å². The molecule has 37 heavy (non-hydrogen) atoms. The number of anilines is 1. The molecule has 0 heterocycles. The largest absolute Gasteiger partial charge is 0.478 e. The van der Waals surface area contributed by atoms with Crippen LogP contribution in [0.2, 0.25) is 0 Å². The lowest BCUT2D eigenvalue weighted by Gasteiger charge is -2.22. The number of hydrogen-bond donors (Lipinski definition) is 4. The van der Waals surface area contributed by atoms with Crippen molar-refractivity contribution in [2.75, 3.05) is 5.32 Å². The Morgan fingerprint density at radius 3 is 1.86 bits per heavy atom. The first-order valence-corrected chi connectivity index (χ1v) is 12.3. The Bertz CT molecular complexity index is 960. The van der Waals surface area contributed by atoms with Crippen molar-refractivity contribution in [3.05, 3.63) is 23.8 Å². The van der Waals surface area contributed by atoms with Gasteiger partial charge in [0.1, 0.15) is 11.2 Å². The number of nitrogens with zero attached hydrogens (tertiary/aromatic N) is 1. The van der Waals surface area contributed by atoms with Crippen molar-refractivity contribution in [1.82, 2.24) is 10.6 Å². The van der Waals surface area contributed by atoms with E-state index in [1.165, 1.54) is 18.2 Å². The SMILES string of the molecule is CCCCCCCC(=O)Nc1cc(N=C(NC(=O)OC(C)(C)C)NC(=O)OC(C)(C)C)cc(C(=O)O)c1. The number of hydrogen-bond acceptors (Lipinski definition) is 7. The lowest BCUT2D eigenvalue weighted by molar-refractivity contribution is -0.116. The number of unbranched alkanes of at least 4 members (excludes halogenated alkanes) is 4. The summed E-state index contributed by atoms with van der Waals surface area (Å²) in [5.74, 6) is -1.85. The number of rotatable bonds is 9. The molecule has 0 saturated carbocycles. The van der Waals surface area contributed by atoms with Gasteiger partial charge in [-0.2, -0.15) is 0 Å². The molecule has 11 heteroatoms. The summed E-state index contributed by atoms with van der Waals surface area (Å²) in [6.07, 6.45) is 3.43. The van der Waals surface area contributed by atoms with Crippen LogP contribution in [0.15, 0.2) is 23.2 Å². The summed E-state index contributed by atoms with van der Waals surface area (Å²) >= 11 is 0. The Morgan fingerprint density at radius 2 is 1.38 bits per heavy atom. The summed E-state index contributed by atoms with van der Waals surface area (Å²) in [7, 11) is 0. The molecule has 0 saturated heterocycles. The number of carbonyl (C=O) groups is 4. The highest BCUT2D eigenvalue weighted by Gasteiger charge is 2.21. The molecule has 1 rings (SSSR count). The van der Waals surface area contributed by atoms with Gasteiger partial charge < -0.3 is 19.9 Å². The predicted octanol–water partition coefficient (Wildman–Crippen LogP) is 5.72. The van der Waals surface area contributed by atoms with E-state index in [1.54, 1.807) is 41.5 Å². The third-order valence-corrected chi connectivity index (χ3v) is 4.44. The summed E-state index contributed by atoms with van der Waals surface area (Å²) in [6, 6.07) is 3.96. The Labute approximate surface area is 218 Å². The molecule has 1 aromatic rings. The predicted molar refractivity (Wildman–Crippen MR) is 141 cm³/mol. The highest BCUT2D eigenvalue weighted by Crippen LogP contribution is 2.22. The monoisotopic (exact) mass is 520 g/mol. The number of alkyl carbamates (subject to hydrolysis) is 2. The highest BCUT2D eigenvalue weighted by molar-refractivity contribution is 6.03. The van der Waals surface area contributed by atoms with Crippen LogP contribution in [-0.2, 0) is 14.3 Å². The topological polar surface area (TPSA) is 155 Å². The van der Waals surface area contributed by atoms with E-state index < -0.39 is 29.4 Å². The van der Waals surface area contributed by atoms with E-state index in [9.17, 15) is 24.3 Å². The third kappa shape index (κ3) is 14.5. The molecular formula is C26H40N4O7. The van der Waals surface area contributed by atoms with E-state index in [0.717, 1.165) is 32.1 Å². The Balaban J connectivity index is 3.20. The van der Waals surface area contributed by atoms with Crippen LogP contribution in [0.5, 0.6) is 0 Å². The number of aromatic carboxylic acids is 1. The first-order chi connectivity index (χ1) is 17.1. The van der Waals surface area contributed by atoms with Crippen molar-refractivity contribution in [3.8, 4) is 0 Å². The van der Waals surface area contributed by atoms with Crippen molar-refractivity contribution >= 4 is 41.4 Å². The van der Waals surface area contributed by atoms with Gasteiger partial charge in [-0.1, -0.05) is 32.6 Å². The van der Waals surface area contributed by atoms with Crippen molar-refractivity contribution in [2.24, 2.45) is 4.99 Å². The second-order valence-electron chi connectivity index (χ2n) is 10.5. The number of carboxylic acids is 1. The van der Waals surface area contributed by atoms with Gasteiger partial charge in [-0.3, -0.25) is 15.4 Å². The zero-order valence-corrected chi connectivity index (χ0v) is 22.8. The summed E-state index contributed by atoms with van der Waals surface area (Å²) < 4.78 is 10.4. The molecule has 0 aliphatic carbocycles. The van der Waals surface area contributed by atoms with Gasteiger partial charge in [0.05, 0.1) is 11.3 Å². The maximum Gasteiger partial charge on any atom is 0.414 e. The van der Waals surface area contributed by atoms with Gasteiger partial charge in [0.15, 0.2) is 0 Å². The third-order valence-electron chi connectivity index (χ3n) is 4.44. The van der Waals surface area contributed by atoms with Crippen LogP contribution < -0.4 is 16.0 Å². The summed E-state index contributed by atoms with van der Waals surface area (Å²) in [5, 5.41) is 16.9. The van der Waals surface area contributed by atoms with E-state index in [2.05, 4.69) is 27.9 Å². The Hall–Kier alpha value is -3.63. The Morgan fingerprint density at radius 1 is 0.838 bits per heavy atom. The molecule has 0 bridgehead atoms. The lowest BCUT2D eigenvalue weighted by Crippen LogP contribution is -2.47. The van der Waals surface area contributed by atoms with Gasteiger partial charge in [0.25, 0.3) is 0 Å². The lowest BCUT2D eigenvalue weighted by atomic mass is 10.1. The molecule has 0 radical (unpaired) electrons. The standard InChI is InChI=1S/C26H40N4O7/c1-8-9-10-11-12-13-20(31)27-18-14-17(21(32)33)15-19(16-18)28-22(29-23(34)36-25(2,3)4)30-24(35)37-26(5,6)7/h14-16H,8-13H2,1-7H3,(H,27,31)(H,32,33)(H2,28,29,30,34,35). The average Bonchev–Trinajstić information content (AvgIpc) is 2.70. The van der Waals surface area contributed by atoms with Crippen molar-refractivity contribution in [3.63, 3.8) is 0 Å². The number of carbonyl (C=O) groups excluding carboxylic acids is 3. The van der Waals surface area contributed by atoms with Crippen LogP contribution in [0.25, 0.3) is 0 Å². The number of benzene rings is 1. The molecule has 0 fully saturated rings. The number of aliphatic imine (C=N–C) groups is 1. The molecule has 0 unspecified atom stereocenters. The zero-order chi connectivity index (χ0) is 28.2. The highest BCUT2D eigenvalue weighted by atomic mass is 16.6. The fourth-order valence-corrected chi connectivity index (χ4v) is 3.00. The Kier molecular flexibility index (Phi) is 12.0. The van der Waals surface area contributed by atoms with Crippen LogP contribution >= 0.6 is 0 Å². The van der Waals surface area contributed by atoms with Crippen LogP contribution in [0, 0.1) is 0 Å². The molecule has 11 nitrogen and oxygen atoms in total. The molecule has 0 atom stereocenters. The van der Waals surface area contributed by atoms with E-state index >= 15 is 0 Å². The minimum absolute atomic E-state index is 0.0558. The number of nitrogens with one attached hydrogen (secondary N) is 3. The van der Waals surface area contributed by atoms with Crippen LogP contribution in [-0.4, -0.2) is 46.3 Å². The second-order valence-corrected chi connectivity index (χ2v) is 10.5. The number of guanidine groups is 1. The average molecular weight is 521 g/mol. The van der Waals surface area contributed by atoms with Crippen LogP contribution in [0.1, 0.15) is 97.3 Å². The summed E-state index contributed by atoms with van der Waals surface area (Å²) in [5.41, 5.74) is -1.52. The quantitative estimate of drug-likeness (QED) is 0.184. The van der Waals surface area contributed by atoms with E-state index in [1.807, 2.05) is 0 Å². The number of amides is 3. The van der Waals surface area contributed by atoms with Gasteiger partial charge in [-0.15, -0.1) is 0 Å². The second kappa shape index (κ2) is 14.2. The van der Waals surface area contributed by atoms with E-state index in [-0.39, 0.29) is 28.8 Å².